The number of nitrogens with zero attached hydrogens (tertiary/aromatic N) is 2. The van der Waals surface area contributed by atoms with Crippen molar-refractivity contribution in [3.8, 4) is 5.75 Å². The van der Waals surface area contributed by atoms with Gasteiger partial charge in [0.05, 0.1) is 19.0 Å². The summed E-state index contributed by atoms with van der Waals surface area (Å²) in [4.78, 5) is 0.110. The van der Waals surface area contributed by atoms with Gasteiger partial charge in [0.1, 0.15) is 4.90 Å². The van der Waals surface area contributed by atoms with E-state index in [0.717, 1.165) is 4.31 Å². The maximum absolute atomic E-state index is 13.6. The number of halogens is 1. The van der Waals surface area contributed by atoms with E-state index < -0.39 is 15.8 Å². The fourth-order valence-corrected chi connectivity index (χ4v) is 3.19. The molecule has 2 aromatic rings. The molecule has 0 aliphatic heterocycles. The quantitative estimate of drug-likeness (QED) is 0.911. The van der Waals surface area contributed by atoms with Crippen LogP contribution in [-0.4, -0.2) is 37.1 Å². The molecule has 6 nitrogen and oxygen atoms in total. The lowest BCUT2D eigenvalue weighted by Gasteiger charge is -2.17. The molecule has 1 aromatic heterocycles. The number of hydrogen-bond donors (Lipinski definition) is 1. The summed E-state index contributed by atoms with van der Waals surface area (Å²) in [5.74, 6) is -0.407. The van der Waals surface area contributed by atoms with Gasteiger partial charge in [-0.25, -0.2) is 12.8 Å². The molecule has 0 aliphatic rings. The average Bonchev–Trinajstić information content (AvgIpc) is 2.86. The van der Waals surface area contributed by atoms with Crippen LogP contribution in [0.25, 0.3) is 0 Å². The fraction of sp³-hybridized carbons (Fsp3) is 0.308. The van der Waals surface area contributed by atoms with Gasteiger partial charge in [0, 0.05) is 13.6 Å². The minimum Gasteiger partial charge on any atom is -0.494 e. The third kappa shape index (κ3) is 3.06. The van der Waals surface area contributed by atoms with Gasteiger partial charge in [-0.05, 0) is 24.6 Å². The Morgan fingerprint density at radius 3 is 2.67 bits per heavy atom. The highest BCUT2D eigenvalue weighted by molar-refractivity contribution is 7.89. The Labute approximate surface area is 122 Å². The Morgan fingerprint density at radius 2 is 2.14 bits per heavy atom. The molecule has 0 radical (unpaired) electrons. The molecule has 8 heteroatoms. The van der Waals surface area contributed by atoms with Gasteiger partial charge in [0.25, 0.3) is 0 Å². The summed E-state index contributed by atoms with van der Waals surface area (Å²) in [6.45, 7) is 1.68. The molecule has 21 heavy (non-hydrogen) atoms. The minimum atomic E-state index is -3.67. The van der Waals surface area contributed by atoms with E-state index in [1.165, 1.54) is 32.5 Å². The summed E-state index contributed by atoms with van der Waals surface area (Å²) in [7, 11) is -0.861. The van der Waals surface area contributed by atoms with Crippen LogP contribution in [0, 0.1) is 12.7 Å². The lowest BCUT2D eigenvalue weighted by atomic mass is 10.2. The van der Waals surface area contributed by atoms with Gasteiger partial charge < -0.3 is 4.74 Å². The van der Waals surface area contributed by atoms with Crippen LogP contribution in [0.4, 0.5) is 4.39 Å². The number of ether oxygens (including phenoxy) is 1. The molecule has 0 spiro atoms. The number of aromatic amines is 1. The molecule has 0 atom stereocenters. The molecule has 1 N–H and O–H groups in total. The predicted octanol–water partition coefficient (Wildman–Crippen LogP) is 1.69. The van der Waals surface area contributed by atoms with E-state index in [0.29, 0.717) is 11.3 Å². The number of methoxy groups -OCH3 is 1. The average molecular weight is 313 g/mol. The van der Waals surface area contributed by atoms with E-state index in [2.05, 4.69) is 10.2 Å². The third-order valence-corrected chi connectivity index (χ3v) is 5.01. The number of nitrogens with one attached hydrogen (secondary N) is 1. The molecular weight excluding hydrogens is 297 g/mol. The zero-order chi connectivity index (χ0) is 15.6. The van der Waals surface area contributed by atoms with Crippen LogP contribution in [0.5, 0.6) is 5.75 Å². The Balaban J connectivity index is 2.24. The van der Waals surface area contributed by atoms with Crippen LogP contribution >= 0.6 is 0 Å². The van der Waals surface area contributed by atoms with Crippen LogP contribution in [0.1, 0.15) is 11.3 Å². The van der Waals surface area contributed by atoms with E-state index in [1.807, 2.05) is 0 Å². The van der Waals surface area contributed by atoms with Gasteiger partial charge in [-0.15, -0.1) is 0 Å². The molecular formula is C13H16FN3O3S. The standard InChI is InChI=1S/C13H16FN3O3S/c1-9-13(7-15-16-9)21(18,19)17(2)8-10-4-5-12(20-3)11(14)6-10/h4-7H,8H2,1-3H3,(H,15,16). The second-order valence-corrected chi connectivity index (χ2v) is 6.60. The van der Waals surface area contributed by atoms with E-state index in [4.69, 9.17) is 4.74 Å². The van der Waals surface area contributed by atoms with Crippen LogP contribution in [0.2, 0.25) is 0 Å². The summed E-state index contributed by atoms with van der Waals surface area (Å²) >= 11 is 0. The first kappa shape index (κ1) is 15.5. The predicted molar refractivity (Wildman–Crippen MR) is 74.9 cm³/mol. The number of H-pyrrole nitrogens is 1. The SMILES string of the molecule is COc1ccc(CN(C)S(=O)(=O)c2cn[nH]c2C)cc1F. The first-order chi connectivity index (χ1) is 9.86. The van der Waals surface area contributed by atoms with Crippen molar-refractivity contribution < 1.29 is 17.5 Å². The monoisotopic (exact) mass is 313 g/mol. The lowest BCUT2D eigenvalue weighted by molar-refractivity contribution is 0.385. The highest BCUT2D eigenvalue weighted by Gasteiger charge is 2.24. The van der Waals surface area contributed by atoms with Crippen LogP contribution in [0.3, 0.4) is 0 Å². The van der Waals surface area contributed by atoms with Crippen molar-refractivity contribution in [2.24, 2.45) is 0 Å². The second kappa shape index (κ2) is 5.82. The molecule has 1 heterocycles. The van der Waals surface area contributed by atoms with Crippen molar-refractivity contribution in [3.05, 3.63) is 41.5 Å². The van der Waals surface area contributed by atoms with E-state index in [9.17, 15) is 12.8 Å². The highest BCUT2D eigenvalue weighted by Crippen LogP contribution is 2.21. The molecule has 114 valence electrons. The second-order valence-electron chi connectivity index (χ2n) is 4.59. The van der Waals surface area contributed by atoms with Gasteiger partial charge in [-0.2, -0.15) is 9.40 Å². The number of sulfonamides is 1. The smallest absolute Gasteiger partial charge is 0.246 e. The minimum absolute atomic E-state index is 0.0495. The summed E-state index contributed by atoms with van der Waals surface area (Å²) in [5, 5.41) is 6.29. The van der Waals surface area contributed by atoms with Crippen molar-refractivity contribution in [2.75, 3.05) is 14.2 Å². The molecule has 0 saturated heterocycles. The maximum Gasteiger partial charge on any atom is 0.246 e. The van der Waals surface area contributed by atoms with Crippen LogP contribution < -0.4 is 4.74 Å². The Hall–Kier alpha value is -1.93. The van der Waals surface area contributed by atoms with Crippen LogP contribution in [0.15, 0.2) is 29.3 Å². The van der Waals surface area contributed by atoms with Crippen molar-refractivity contribution >= 4 is 10.0 Å². The summed E-state index contributed by atoms with van der Waals surface area (Å²) in [5.41, 5.74) is 0.989. The molecule has 0 bridgehead atoms. The first-order valence-corrected chi connectivity index (χ1v) is 7.59. The topological polar surface area (TPSA) is 75.3 Å². The molecule has 1 aromatic carbocycles. The van der Waals surface area contributed by atoms with Crippen molar-refractivity contribution in [1.29, 1.82) is 0 Å². The van der Waals surface area contributed by atoms with Gasteiger partial charge in [0.15, 0.2) is 11.6 Å². The van der Waals surface area contributed by atoms with Crippen molar-refractivity contribution in [2.45, 2.75) is 18.4 Å². The van der Waals surface area contributed by atoms with Crippen molar-refractivity contribution in [3.63, 3.8) is 0 Å². The number of aromatic nitrogens is 2. The lowest BCUT2D eigenvalue weighted by Crippen LogP contribution is -2.26. The number of aryl methyl sites for hydroxylation is 1. The Morgan fingerprint density at radius 1 is 1.43 bits per heavy atom. The van der Waals surface area contributed by atoms with Gasteiger partial charge in [-0.3, -0.25) is 5.10 Å². The van der Waals surface area contributed by atoms with Gasteiger partial charge in [-0.1, -0.05) is 6.07 Å². The summed E-state index contributed by atoms with van der Waals surface area (Å²) in [6.07, 6.45) is 1.26. The summed E-state index contributed by atoms with van der Waals surface area (Å²) in [6, 6.07) is 4.34. The van der Waals surface area contributed by atoms with Gasteiger partial charge >= 0.3 is 0 Å². The Bertz CT molecular complexity index is 743. The van der Waals surface area contributed by atoms with Crippen molar-refractivity contribution in [1.82, 2.24) is 14.5 Å². The fourth-order valence-electron chi connectivity index (χ4n) is 1.92. The zero-order valence-electron chi connectivity index (χ0n) is 11.9. The summed E-state index contributed by atoms with van der Waals surface area (Å²) < 4.78 is 44.3. The molecule has 0 unspecified atom stereocenters. The highest BCUT2D eigenvalue weighted by atomic mass is 32.2. The number of benzene rings is 1. The third-order valence-electron chi connectivity index (χ3n) is 3.09. The molecule has 2 rings (SSSR count). The van der Waals surface area contributed by atoms with E-state index in [-0.39, 0.29) is 17.2 Å². The maximum atomic E-state index is 13.6. The van der Waals surface area contributed by atoms with E-state index >= 15 is 0 Å². The van der Waals surface area contributed by atoms with E-state index in [1.54, 1.807) is 13.0 Å². The number of rotatable bonds is 5. The molecule has 0 amide bonds. The molecule has 0 saturated carbocycles. The largest absolute Gasteiger partial charge is 0.494 e. The normalized spacial score (nSPS) is 11.9. The zero-order valence-corrected chi connectivity index (χ0v) is 12.7. The Kier molecular flexibility index (Phi) is 4.29. The van der Waals surface area contributed by atoms with Crippen LogP contribution in [-0.2, 0) is 16.6 Å². The molecule has 0 aliphatic carbocycles. The first-order valence-electron chi connectivity index (χ1n) is 6.15. The van der Waals surface area contributed by atoms with Gasteiger partial charge in [0.2, 0.25) is 10.0 Å². The number of hydrogen-bond acceptors (Lipinski definition) is 4. The molecule has 0 fully saturated rings.